The standard InChI is InChI=1S/C21H22N2O3/c1-2-23(15-19-6-4-3-5-7-19)20(24)16-26-21(25)13-12-17-8-10-18(14-22)11-9-17/h3-11H,2,12-13,15-16H2,1H3. The summed E-state index contributed by atoms with van der Waals surface area (Å²) in [5.41, 5.74) is 2.57. The number of benzene rings is 2. The second kappa shape index (κ2) is 10.00. The molecule has 0 saturated heterocycles. The lowest BCUT2D eigenvalue weighted by atomic mass is 10.1. The minimum Gasteiger partial charge on any atom is -0.456 e. The Morgan fingerprint density at radius 1 is 1.04 bits per heavy atom. The van der Waals surface area contributed by atoms with Crippen LogP contribution in [0.2, 0.25) is 0 Å². The number of rotatable bonds is 8. The van der Waals surface area contributed by atoms with E-state index in [0.717, 1.165) is 11.1 Å². The monoisotopic (exact) mass is 350 g/mol. The van der Waals surface area contributed by atoms with Crippen LogP contribution in [0, 0.1) is 11.3 Å². The highest BCUT2D eigenvalue weighted by Crippen LogP contribution is 2.08. The number of ether oxygens (including phenoxy) is 1. The van der Waals surface area contributed by atoms with E-state index < -0.39 is 5.97 Å². The van der Waals surface area contributed by atoms with E-state index in [2.05, 4.69) is 6.07 Å². The quantitative estimate of drug-likeness (QED) is 0.686. The fourth-order valence-electron chi connectivity index (χ4n) is 2.48. The molecule has 0 heterocycles. The van der Waals surface area contributed by atoms with E-state index >= 15 is 0 Å². The second-order valence-corrected chi connectivity index (χ2v) is 5.86. The van der Waals surface area contributed by atoms with Crippen molar-refractivity contribution in [1.82, 2.24) is 4.90 Å². The SMILES string of the molecule is CCN(Cc1ccccc1)C(=O)COC(=O)CCc1ccc(C#N)cc1. The number of nitrogens with zero attached hydrogens (tertiary/aromatic N) is 2. The van der Waals surface area contributed by atoms with Crippen LogP contribution < -0.4 is 0 Å². The summed E-state index contributed by atoms with van der Waals surface area (Å²) in [6.45, 7) is 2.70. The van der Waals surface area contributed by atoms with E-state index in [1.807, 2.05) is 49.4 Å². The summed E-state index contributed by atoms with van der Waals surface area (Å²) < 4.78 is 5.11. The highest BCUT2D eigenvalue weighted by Gasteiger charge is 2.14. The van der Waals surface area contributed by atoms with E-state index in [0.29, 0.717) is 25.1 Å². The van der Waals surface area contributed by atoms with Crippen LogP contribution in [-0.2, 0) is 27.3 Å². The van der Waals surface area contributed by atoms with Crippen molar-refractivity contribution in [2.75, 3.05) is 13.2 Å². The van der Waals surface area contributed by atoms with Crippen LogP contribution in [0.15, 0.2) is 54.6 Å². The molecule has 0 saturated carbocycles. The number of carbonyl (C=O) groups is 2. The maximum atomic E-state index is 12.2. The van der Waals surface area contributed by atoms with Gasteiger partial charge in [0.25, 0.3) is 5.91 Å². The van der Waals surface area contributed by atoms with Gasteiger partial charge in [-0.3, -0.25) is 9.59 Å². The molecule has 0 atom stereocenters. The number of hydrogen-bond donors (Lipinski definition) is 0. The lowest BCUT2D eigenvalue weighted by molar-refractivity contribution is -0.152. The highest BCUT2D eigenvalue weighted by atomic mass is 16.5. The minimum atomic E-state index is -0.404. The number of amides is 1. The largest absolute Gasteiger partial charge is 0.456 e. The summed E-state index contributed by atoms with van der Waals surface area (Å²) >= 11 is 0. The maximum Gasteiger partial charge on any atom is 0.306 e. The van der Waals surface area contributed by atoms with Crippen LogP contribution in [0.3, 0.4) is 0 Å². The Balaban J connectivity index is 1.76. The van der Waals surface area contributed by atoms with Crippen molar-refractivity contribution in [3.63, 3.8) is 0 Å². The van der Waals surface area contributed by atoms with Gasteiger partial charge in [0.1, 0.15) is 0 Å². The predicted octanol–water partition coefficient (Wildman–Crippen LogP) is 3.08. The maximum absolute atomic E-state index is 12.2. The van der Waals surface area contributed by atoms with Gasteiger partial charge in [0.2, 0.25) is 0 Å². The number of nitriles is 1. The van der Waals surface area contributed by atoms with Crippen LogP contribution in [0.25, 0.3) is 0 Å². The molecule has 0 fully saturated rings. The summed E-state index contributed by atoms with van der Waals surface area (Å²) in [4.78, 5) is 25.8. The normalized spacial score (nSPS) is 10.0. The van der Waals surface area contributed by atoms with Crippen LogP contribution in [0.1, 0.15) is 30.0 Å². The average Bonchev–Trinajstić information content (AvgIpc) is 2.69. The van der Waals surface area contributed by atoms with Crippen molar-refractivity contribution >= 4 is 11.9 Å². The van der Waals surface area contributed by atoms with E-state index in [4.69, 9.17) is 10.00 Å². The molecule has 0 aliphatic rings. The van der Waals surface area contributed by atoms with Gasteiger partial charge in [-0.05, 0) is 36.6 Å². The topological polar surface area (TPSA) is 70.4 Å². The van der Waals surface area contributed by atoms with Gasteiger partial charge in [-0.15, -0.1) is 0 Å². The van der Waals surface area contributed by atoms with Gasteiger partial charge in [-0.25, -0.2) is 0 Å². The summed E-state index contributed by atoms with van der Waals surface area (Å²) in [7, 11) is 0. The molecule has 2 rings (SSSR count). The third-order valence-electron chi connectivity index (χ3n) is 4.01. The van der Waals surface area contributed by atoms with Gasteiger partial charge >= 0.3 is 5.97 Å². The van der Waals surface area contributed by atoms with E-state index in [9.17, 15) is 9.59 Å². The fraction of sp³-hybridized carbons (Fsp3) is 0.286. The van der Waals surface area contributed by atoms with Crippen LogP contribution >= 0.6 is 0 Å². The molecule has 0 spiro atoms. The summed E-state index contributed by atoms with van der Waals surface area (Å²) in [5, 5.41) is 8.77. The Hall–Kier alpha value is -3.13. The molecule has 0 bridgehead atoms. The van der Waals surface area contributed by atoms with Gasteiger partial charge in [-0.2, -0.15) is 5.26 Å². The number of carbonyl (C=O) groups excluding carboxylic acids is 2. The Bertz CT molecular complexity index is 764. The molecule has 5 heteroatoms. The molecule has 26 heavy (non-hydrogen) atoms. The van der Waals surface area contributed by atoms with Crippen LogP contribution in [0.4, 0.5) is 0 Å². The first-order valence-electron chi connectivity index (χ1n) is 8.58. The first-order chi connectivity index (χ1) is 12.6. The number of aryl methyl sites for hydroxylation is 1. The highest BCUT2D eigenvalue weighted by molar-refractivity contribution is 5.80. The van der Waals surface area contributed by atoms with Gasteiger partial charge in [0.05, 0.1) is 11.6 Å². The first kappa shape index (κ1) is 19.2. The molecule has 0 N–H and O–H groups in total. The second-order valence-electron chi connectivity index (χ2n) is 5.86. The smallest absolute Gasteiger partial charge is 0.306 e. The van der Waals surface area contributed by atoms with E-state index in [-0.39, 0.29) is 18.9 Å². The molecule has 0 radical (unpaired) electrons. The number of hydrogen-bond acceptors (Lipinski definition) is 4. The molecular weight excluding hydrogens is 328 g/mol. The third kappa shape index (κ3) is 6.06. The lowest BCUT2D eigenvalue weighted by Gasteiger charge is -2.20. The molecule has 2 aromatic carbocycles. The molecule has 5 nitrogen and oxygen atoms in total. The zero-order chi connectivity index (χ0) is 18.8. The molecule has 134 valence electrons. The van der Waals surface area contributed by atoms with Gasteiger partial charge in [-0.1, -0.05) is 42.5 Å². The third-order valence-corrected chi connectivity index (χ3v) is 4.01. The van der Waals surface area contributed by atoms with Crippen molar-refractivity contribution in [2.45, 2.75) is 26.3 Å². The zero-order valence-corrected chi connectivity index (χ0v) is 14.9. The molecule has 0 aromatic heterocycles. The van der Waals surface area contributed by atoms with E-state index in [1.165, 1.54) is 0 Å². The Morgan fingerprint density at radius 3 is 2.35 bits per heavy atom. The predicted molar refractivity (Wildman–Crippen MR) is 98.0 cm³/mol. The molecular formula is C21H22N2O3. The number of likely N-dealkylation sites (N-methyl/N-ethyl adjacent to an activating group) is 1. The van der Waals surface area contributed by atoms with Gasteiger partial charge in [0, 0.05) is 19.5 Å². The zero-order valence-electron chi connectivity index (χ0n) is 14.9. The lowest BCUT2D eigenvalue weighted by Crippen LogP contribution is -2.34. The molecule has 0 aliphatic heterocycles. The van der Waals surface area contributed by atoms with Crippen molar-refractivity contribution < 1.29 is 14.3 Å². The minimum absolute atomic E-state index is 0.198. The fourth-order valence-corrected chi connectivity index (χ4v) is 2.48. The Labute approximate surface area is 153 Å². The first-order valence-corrected chi connectivity index (χ1v) is 8.58. The molecule has 2 aromatic rings. The van der Waals surface area contributed by atoms with Gasteiger partial charge in [0.15, 0.2) is 6.61 Å². The summed E-state index contributed by atoms with van der Waals surface area (Å²) in [5.74, 6) is -0.610. The van der Waals surface area contributed by atoms with Crippen molar-refractivity contribution in [1.29, 1.82) is 5.26 Å². The van der Waals surface area contributed by atoms with Crippen molar-refractivity contribution in [2.24, 2.45) is 0 Å². The molecule has 1 amide bonds. The van der Waals surface area contributed by atoms with Crippen molar-refractivity contribution in [3.8, 4) is 6.07 Å². The summed E-state index contributed by atoms with van der Waals surface area (Å²) in [6, 6.07) is 18.8. The summed E-state index contributed by atoms with van der Waals surface area (Å²) in [6.07, 6.45) is 0.713. The van der Waals surface area contributed by atoms with Gasteiger partial charge < -0.3 is 9.64 Å². The van der Waals surface area contributed by atoms with E-state index in [1.54, 1.807) is 17.0 Å². The van der Waals surface area contributed by atoms with Crippen LogP contribution in [-0.4, -0.2) is 29.9 Å². The van der Waals surface area contributed by atoms with Crippen LogP contribution in [0.5, 0.6) is 0 Å². The molecule has 0 unspecified atom stereocenters. The Morgan fingerprint density at radius 2 is 1.73 bits per heavy atom. The average molecular weight is 350 g/mol. The Kier molecular flexibility index (Phi) is 7.38. The molecule has 0 aliphatic carbocycles. The number of esters is 1. The van der Waals surface area contributed by atoms with Crippen molar-refractivity contribution in [3.05, 3.63) is 71.3 Å².